The number of nitrogens with two attached hydrogens (primary N) is 1. The molecule has 2 aromatic rings. The van der Waals surface area contributed by atoms with E-state index in [4.69, 9.17) is 5.73 Å². The Morgan fingerprint density at radius 3 is 2.75 bits per heavy atom. The predicted octanol–water partition coefficient (Wildman–Crippen LogP) is 3.44. The minimum atomic E-state index is 0.682. The van der Waals surface area contributed by atoms with E-state index in [2.05, 4.69) is 35.0 Å². The molecule has 0 aliphatic carbocycles. The molecule has 0 spiro atoms. The van der Waals surface area contributed by atoms with Crippen LogP contribution in [0.2, 0.25) is 0 Å². The molecule has 3 heteroatoms. The van der Waals surface area contributed by atoms with Crippen molar-refractivity contribution in [1.82, 2.24) is 9.88 Å². The number of pyridine rings is 1. The van der Waals surface area contributed by atoms with E-state index < -0.39 is 0 Å². The molecule has 0 unspecified atom stereocenters. The number of benzene rings is 1. The average Bonchev–Trinajstić information content (AvgIpc) is 2.49. The van der Waals surface area contributed by atoms with Gasteiger partial charge >= 0.3 is 0 Å². The molecule has 2 heterocycles. The average molecular weight is 269 g/mol. The number of anilines is 1. The molecule has 1 aromatic carbocycles. The van der Waals surface area contributed by atoms with Gasteiger partial charge in [-0.1, -0.05) is 31.5 Å². The highest BCUT2D eigenvalue weighted by molar-refractivity contribution is 5.81. The first-order chi connectivity index (χ1) is 9.76. The van der Waals surface area contributed by atoms with Crippen molar-refractivity contribution in [3.8, 4) is 0 Å². The lowest BCUT2D eigenvalue weighted by molar-refractivity contribution is 0.175. The molecule has 3 rings (SSSR count). The van der Waals surface area contributed by atoms with Crippen LogP contribution in [0.4, 0.5) is 5.82 Å². The molecule has 20 heavy (non-hydrogen) atoms. The van der Waals surface area contributed by atoms with E-state index >= 15 is 0 Å². The molecule has 1 saturated heterocycles. The Morgan fingerprint density at radius 1 is 1.25 bits per heavy atom. The third kappa shape index (κ3) is 2.78. The molecule has 0 saturated carbocycles. The molecule has 1 fully saturated rings. The van der Waals surface area contributed by atoms with Crippen molar-refractivity contribution in [2.24, 2.45) is 5.92 Å². The Hall–Kier alpha value is -1.61. The van der Waals surface area contributed by atoms with E-state index in [1.54, 1.807) is 0 Å². The first-order valence-electron chi connectivity index (χ1n) is 7.62. The summed E-state index contributed by atoms with van der Waals surface area (Å²) in [6.45, 7) is 5.60. The molecular weight excluding hydrogens is 246 g/mol. The fourth-order valence-corrected chi connectivity index (χ4v) is 3.09. The van der Waals surface area contributed by atoms with Gasteiger partial charge in [0.15, 0.2) is 0 Å². The summed E-state index contributed by atoms with van der Waals surface area (Å²) in [5, 5.41) is 1.18. The number of nitrogens with zero attached hydrogens (tertiary/aromatic N) is 2. The highest BCUT2D eigenvalue weighted by Gasteiger charge is 2.18. The summed E-state index contributed by atoms with van der Waals surface area (Å²) in [5.74, 6) is 1.60. The minimum absolute atomic E-state index is 0.682. The van der Waals surface area contributed by atoms with Crippen molar-refractivity contribution < 1.29 is 0 Å². The quantitative estimate of drug-likeness (QED) is 0.928. The summed E-state index contributed by atoms with van der Waals surface area (Å²) in [4.78, 5) is 7.03. The minimum Gasteiger partial charge on any atom is -0.383 e. The van der Waals surface area contributed by atoms with Crippen molar-refractivity contribution >= 4 is 16.7 Å². The SMILES string of the molecule is CCC1CCN(Cc2cc3ccccc3nc2N)CC1. The van der Waals surface area contributed by atoms with Crippen molar-refractivity contribution in [2.75, 3.05) is 18.8 Å². The number of fused-ring (bicyclic) bond motifs is 1. The van der Waals surface area contributed by atoms with Crippen molar-refractivity contribution in [1.29, 1.82) is 0 Å². The summed E-state index contributed by atoms with van der Waals surface area (Å²) < 4.78 is 0. The van der Waals surface area contributed by atoms with E-state index in [1.165, 1.54) is 43.3 Å². The van der Waals surface area contributed by atoms with E-state index in [0.29, 0.717) is 5.82 Å². The number of piperidine rings is 1. The van der Waals surface area contributed by atoms with Gasteiger partial charge in [0, 0.05) is 17.5 Å². The number of nitrogen functional groups attached to an aromatic ring is 1. The molecule has 1 aromatic heterocycles. The molecule has 1 aliphatic heterocycles. The van der Waals surface area contributed by atoms with Crippen LogP contribution in [0, 0.1) is 5.92 Å². The smallest absolute Gasteiger partial charge is 0.128 e. The Kier molecular flexibility index (Phi) is 3.88. The van der Waals surface area contributed by atoms with Crippen LogP contribution in [0.15, 0.2) is 30.3 Å². The Balaban J connectivity index is 1.76. The first-order valence-corrected chi connectivity index (χ1v) is 7.62. The Bertz CT molecular complexity index is 586. The number of rotatable bonds is 3. The van der Waals surface area contributed by atoms with Crippen LogP contribution in [0.5, 0.6) is 0 Å². The zero-order valence-corrected chi connectivity index (χ0v) is 12.2. The van der Waals surface area contributed by atoms with Crippen molar-refractivity contribution in [2.45, 2.75) is 32.7 Å². The molecule has 3 nitrogen and oxygen atoms in total. The molecule has 1 aliphatic rings. The number of para-hydroxylation sites is 1. The lowest BCUT2D eigenvalue weighted by Gasteiger charge is -2.31. The maximum absolute atomic E-state index is 6.12. The molecule has 2 N–H and O–H groups in total. The Labute approximate surface area is 120 Å². The second kappa shape index (κ2) is 5.80. The lowest BCUT2D eigenvalue weighted by Crippen LogP contribution is -2.33. The molecular formula is C17H23N3. The monoisotopic (exact) mass is 269 g/mol. The first kappa shape index (κ1) is 13.4. The fourth-order valence-electron chi connectivity index (χ4n) is 3.09. The number of hydrogen-bond acceptors (Lipinski definition) is 3. The van der Waals surface area contributed by atoms with Crippen LogP contribution in [0.25, 0.3) is 10.9 Å². The van der Waals surface area contributed by atoms with Gasteiger partial charge in [-0.15, -0.1) is 0 Å². The summed E-state index contributed by atoms with van der Waals surface area (Å²) >= 11 is 0. The van der Waals surface area contributed by atoms with Crippen molar-refractivity contribution in [3.63, 3.8) is 0 Å². The number of aromatic nitrogens is 1. The molecule has 0 atom stereocenters. The van der Waals surface area contributed by atoms with Crippen LogP contribution in [0.1, 0.15) is 31.7 Å². The third-order valence-corrected chi connectivity index (χ3v) is 4.51. The van der Waals surface area contributed by atoms with Crippen molar-refractivity contribution in [3.05, 3.63) is 35.9 Å². The van der Waals surface area contributed by atoms with Gasteiger partial charge in [0.05, 0.1) is 5.52 Å². The van der Waals surface area contributed by atoms with Gasteiger partial charge in [0.2, 0.25) is 0 Å². The molecule has 0 bridgehead atoms. The van der Waals surface area contributed by atoms with Crippen LogP contribution in [-0.2, 0) is 6.54 Å². The van der Waals surface area contributed by atoms with Gasteiger partial charge in [-0.05, 0) is 44.0 Å². The van der Waals surface area contributed by atoms with Gasteiger partial charge in [0.1, 0.15) is 5.82 Å². The van der Waals surface area contributed by atoms with E-state index in [-0.39, 0.29) is 0 Å². The topological polar surface area (TPSA) is 42.2 Å². The zero-order valence-electron chi connectivity index (χ0n) is 12.2. The lowest BCUT2D eigenvalue weighted by atomic mass is 9.94. The normalized spacial score (nSPS) is 17.6. The summed E-state index contributed by atoms with van der Waals surface area (Å²) in [5.41, 5.74) is 8.27. The van der Waals surface area contributed by atoms with Gasteiger partial charge in [-0.25, -0.2) is 4.98 Å². The molecule has 0 amide bonds. The maximum atomic E-state index is 6.12. The second-order valence-corrected chi connectivity index (χ2v) is 5.85. The highest BCUT2D eigenvalue weighted by Crippen LogP contribution is 2.24. The number of likely N-dealkylation sites (tertiary alicyclic amines) is 1. The Morgan fingerprint density at radius 2 is 2.00 bits per heavy atom. The zero-order chi connectivity index (χ0) is 13.9. The van der Waals surface area contributed by atoms with Gasteiger partial charge < -0.3 is 5.73 Å². The van der Waals surface area contributed by atoms with Gasteiger partial charge in [-0.3, -0.25) is 4.90 Å². The van der Waals surface area contributed by atoms with Crippen LogP contribution < -0.4 is 5.73 Å². The van der Waals surface area contributed by atoms with E-state index in [1.807, 2.05) is 12.1 Å². The standard InChI is InChI=1S/C17H23N3/c1-2-13-7-9-20(10-8-13)12-15-11-14-5-3-4-6-16(14)19-17(15)18/h3-6,11,13H,2,7-10,12H2,1H3,(H2,18,19). The molecule has 106 valence electrons. The van der Waals surface area contributed by atoms with Gasteiger partial charge in [-0.2, -0.15) is 0 Å². The predicted molar refractivity (Wildman–Crippen MR) is 84.4 cm³/mol. The summed E-state index contributed by atoms with van der Waals surface area (Å²) in [6, 6.07) is 10.4. The van der Waals surface area contributed by atoms with Crippen LogP contribution >= 0.6 is 0 Å². The van der Waals surface area contributed by atoms with Crippen LogP contribution in [0.3, 0.4) is 0 Å². The summed E-state index contributed by atoms with van der Waals surface area (Å²) in [7, 11) is 0. The van der Waals surface area contributed by atoms with E-state index in [9.17, 15) is 0 Å². The third-order valence-electron chi connectivity index (χ3n) is 4.51. The fraction of sp³-hybridized carbons (Fsp3) is 0.471. The maximum Gasteiger partial charge on any atom is 0.128 e. The largest absolute Gasteiger partial charge is 0.383 e. The van der Waals surface area contributed by atoms with Gasteiger partial charge in [0.25, 0.3) is 0 Å². The van der Waals surface area contributed by atoms with E-state index in [0.717, 1.165) is 18.0 Å². The second-order valence-electron chi connectivity index (χ2n) is 5.85. The van der Waals surface area contributed by atoms with Crippen LogP contribution in [-0.4, -0.2) is 23.0 Å². The number of hydrogen-bond donors (Lipinski definition) is 1. The molecule has 0 radical (unpaired) electrons. The summed E-state index contributed by atoms with van der Waals surface area (Å²) in [6.07, 6.45) is 3.95. The highest BCUT2D eigenvalue weighted by atomic mass is 15.1.